The van der Waals surface area contributed by atoms with Crippen molar-refractivity contribution in [2.24, 2.45) is 11.8 Å². The minimum atomic E-state index is 0.0446. The molecule has 2 aromatic rings. The van der Waals surface area contributed by atoms with E-state index >= 15 is 0 Å². The highest BCUT2D eigenvalue weighted by Gasteiger charge is 2.47. The number of ether oxygens (including phenoxy) is 1. The number of thioether (sulfide) groups is 1. The van der Waals surface area contributed by atoms with Crippen molar-refractivity contribution in [3.63, 3.8) is 0 Å². The van der Waals surface area contributed by atoms with Crippen LogP contribution in [0.3, 0.4) is 0 Å². The van der Waals surface area contributed by atoms with Crippen LogP contribution >= 0.6 is 24.0 Å². The number of carbonyl (C=O) groups is 1. The maximum atomic E-state index is 13.3. The number of rotatable bonds is 7. The summed E-state index contributed by atoms with van der Waals surface area (Å²) in [7, 11) is 1.66. The Hall–Kier alpha value is -2.09. The number of aliphatic hydroxyl groups excluding tert-OH is 1. The maximum absolute atomic E-state index is 13.3. The number of nitrogens with one attached hydrogen (secondary N) is 1. The zero-order valence-electron chi connectivity index (χ0n) is 18.2. The van der Waals surface area contributed by atoms with Crippen molar-refractivity contribution in [1.82, 2.24) is 9.88 Å². The number of aromatic amines is 1. The van der Waals surface area contributed by atoms with Crippen molar-refractivity contribution in [3.8, 4) is 17.0 Å². The Morgan fingerprint density at radius 2 is 2.19 bits per heavy atom. The lowest BCUT2D eigenvalue weighted by molar-refractivity contribution is -0.124. The topological polar surface area (TPSA) is 65.6 Å². The minimum absolute atomic E-state index is 0.0446. The fourth-order valence-electron chi connectivity index (χ4n) is 5.49. The number of amides is 1. The molecule has 32 heavy (non-hydrogen) atoms. The zero-order valence-corrected chi connectivity index (χ0v) is 19.8. The molecule has 3 unspecified atom stereocenters. The van der Waals surface area contributed by atoms with Gasteiger partial charge >= 0.3 is 0 Å². The number of aryl methyl sites for hydroxylation is 1. The highest BCUT2D eigenvalue weighted by atomic mass is 32.2. The summed E-state index contributed by atoms with van der Waals surface area (Å²) in [4.78, 5) is 19.4. The van der Waals surface area contributed by atoms with Crippen LogP contribution in [0.5, 0.6) is 5.75 Å². The number of nitrogens with zero attached hydrogens (tertiary/aromatic N) is 1. The summed E-state index contributed by atoms with van der Waals surface area (Å²) in [5.41, 5.74) is 3.97. The quantitative estimate of drug-likeness (QED) is 0.442. The van der Waals surface area contributed by atoms with Gasteiger partial charge in [0, 0.05) is 29.6 Å². The van der Waals surface area contributed by atoms with Crippen molar-refractivity contribution >= 4 is 40.3 Å². The van der Waals surface area contributed by atoms with E-state index in [9.17, 15) is 9.90 Å². The predicted molar refractivity (Wildman–Crippen MR) is 132 cm³/mol. The van der Waals surface area contributed by atoms with Crippen LogP contribution in [0.15, 0.2) is 35.2 Å². The van der Waals surface area contributed by atoms with E-state index in [1.54, 1.807) is 7.11 Å². The average Bonchev–Trinajstić information content (AvgIpc) is 3.57. The number of thiocarbonyl (C=S) groups is 1. The lowest BCUT2D eigenvalue weighted by Crippen LogP contribution is -2.41. The summed E-state index contributed by atoms with van der Waals surface area (Å²) in [6.45, 7) is 0.130. The van der Waals surface area contributed by atoms with E-state index in [4.69, 9.17) is 17.0 Å². The number of H-pyrrole nitrogens is 1. The smallest absolute Gasteiger partial charge is 0.266 e. The molecule has 2 heterocycles. The van der Waals surface area contributed by atoms with Gasteiger partial charge in [-0.25, -0.2) is 0 Å². The fraction of sp³-hybridized carbons (Fsp3) is 0.440. The van der Waals surface area contributed by atoms with E-state index in [0.29, 0.717) is 21.6 Å². The SMILES string of the molecule is COc1cccc(-c2cc(CCCO)c(C=C3SC(=S)N(C4CC5CCC4C5)C3=O)[nH]2)c1. The molecule has 1 aliphatic heterocycles. The summed E-state index contributed by atoms with van der Waals surface area (Å²) in [5, 5.41) is 9.36. The molecule has 1 aromatic heterocycles. The molecule has 1 amide bonds. The predicted octanol–water partition coefficient (Wildman–Crippen LogP) is 5.01. The Bertz CT molecular complexity index is 1080. The highest BCUT2D eigenvalue weighted by molar-refractivity contribution is 8.26. The number of hydrogen-bond donors (Lipinski definition) is 2. The van der Waals surface area contributed by atoms with Crippen LogP contribution in [0.25, 0.3) is 17.3 Å². The lowest BCUT2D eigenvalue weighted by Gasteiger charge is -2.30. The van der Waals surface area contributed by atoms with E-state index in [1.807, 2.05) is 35.2 Å². The van der Waals surface area contributed by atoms with E-state index in [1.165, 1.54) is 31.0 Å². The number of hydrogen-bond acceptors (Lipinski definition) is 5. The molecule has 5 nitrogen and oxygen atoms in total. The first-order valence-corrected chi connectivity index (χ1v) is 12.5. The fourth-order valence-corrected chi connectivity index (χ4v) is 6.84. The van der Waals surface area contributed by atoms with Gasteiger partial charge in [0.1, 0.15) is 10.1 Å². The Labute approximate surface area is 198 Å². The first-order chi connectivity index (χ1) is 15.6. The third kappa shape index (κ3) is 4.02. The second kappa shape index (κ2) is 9.04. The molecule has 3 aliphatic rings. The van der Waals surface area contributed by atoms with Gasteiger partial charge in [0.25, 0.3) is 5.91 Å². The third-order valence-corrected chi connectivity index (χ3v) is 8.38. The van der Waals surface area contributed by atoms with Crippen molar-refractivity contribution in [2.75, 3.05) is 13.7 Å². The van der Waals surface area contributed by atoms with Crippen LogP contribution in [0.1, 0.15) is 43.4 Å². The maximum Gasteiger partial charge on any atom is 0.266 e. The number of aromatic nitrogens is 1. The van der Waals surface area contributed by atoms with Gasteiger partial charge in [0.05, 0.1) is 12.0 Å². The molecule has 5 rings (SSSR count). The number of methoxy groups -OCH3 is 1. The van der Waals surface area contributed by atoms with Gasteiger partial charge in [-0.1, -0.05) is 42.5 Å². The molecule has 1 aromatic carbocycles. The number of aliphatic hydroxyl groups is 1. The highest BCUT2D eigenvalue weighted by Crippen LogP contribution is 2.49. The monoisotopic (exact) mass is 468 g/mol. The molecule has 2 saturated carbocycles. The molecule has 3 fully saturated rings. The van der Waals surface area contributed by atoms with Gasteiger partial charge in [0.2, 0.25) is 0 Å². The van der Waals surface area contributed by atoms with Crippen molar-refractivity contribution in [2.45, 2.75) is 44.6 Å². The minimum Gasteiger partial charge on any atom is -0.497 e. The largest absolute Gasteiger partial charge is 0.497 e. The van der Waals surface area contributed by atoms with E-state index in [2.05, 4.69) is 11.1 Å². The zero-order chi connectivity index (χ0) is 22.2. The molecular formula is C25H28N2O3S2. The second-order valence-corrected chi connectivity index (χ2v) is 10.7. The standard InChI is InChI=1S/C25H28N2O3S2/c1-30-19-6-2-4-16(12-19)20-13-17(5-3-9-28)21(26-20)14-23-24(29)27(25(31)32-23)22-11-15-7-8-18(22)10-15/h2,4,6,12-15,18,22,26,28H,3,5,7-11H2,1H3. The van der Waals surface area contributed by atoms with E-state index in [0.717, 1.165) is 47.0 Å². The molecule has 3 atom stereocenters. The van der Waals surface area contributed by atoms with Gasteiger partial charge in [-0.05, 0) is 73.8 Å². The van der Waals surface area contributed by atoms with Crippen molar-refractivity contribution in [1.29, 1.82) is 0 Å². The third-order valence-electron chi connectivity index (χ3n) is 7.05. The summed E-state index contributed by atoms with van der Waals surface area (Å²) >= 11 is 7.06. The van der Waals surface area contributed by atoms with Crippen LogP contribution in [0.2, 0.25) is 0 Å². The van der Waals surface area contributed by atoms with Crippen LogP contribution in [0, 0.1) is 11.8 Å². The molecule has 0 spiro atoms. The van der Waals surface area contributed by atoms with Gasteiger partial charge in [-0.3, -0.25) is 9.69 Å². The molecular weight excluding hydrogens is 440 g/mol. The van der Waals surface area contributed by atoms with Gasteiger partial charge in [0.15, 0.2) is 0 Å². The van der Waals surface area contributed by atoms with Crippen molar-refractivity contribution < 1.29 is 14.6 Å². The number of benzene rings is 1. The summed E-state index contributed by atoms with van der Waals surface area (Å²) in [6.07, 6.45) is 8.20. The van der Waals surface area contributed by atoms with Crippen LogP contribution in [-0.4, -0.2) is 45.0 Å². The lowest BCUT2D eigenvalue weighted by atomic mass is 9.94. The summed E-state index contributed by atoms with van der Waals surface area (Å²) in [5.74, 6) is 2.20. The number of fused-ring (bicyclic) bond motifs is 2. The second-order valence-electron chi connectivity index (χ2n) is 8.97. The Balaban J connectivity index is 1.45. The summed E-state index contributed by atoms with van der Waals surface area (Å²) < 4.78 is 6.06. The summed E-state index contributed by atoms with van der Waals surface area (Å²) in [6, 6.07) is 10.3. The molecule has 2 aliphatic carbocycles. The molecule has 0 radical (unpaired) electrons. The first kappa shape index (κ1) is 21.7. The van der Waals surface area contributed by atoms with Crippen LogP contribution < -0.4 is 4.74 Å². The van der Waals surface area contributed by atoms with Gasteiger partial charge < -0.3 is 14.8 Å². The van der Waals surface area contributed by atoms with Gasteiger partial charge in [-0.2, -0.15) is 0 Å². The van der Waals surface area contributed by atoms with Crippen LogP contribution in [0.4, 0.5) is 0 Å². The van der Waals surface area contributed by atoms with Crippen LogP contribution in [-0.2, 0) is 11.2 Å². The van der Waals surface area contributed by atoms with E-state index < -0.39 is 0 Å². The molecule has 168 valence electrons. The Morgan fingerprint density at radius 1 is 1.31 bits per heavy atom. The molecule has 1 saturated heterocycles. The first-order valence-electron chi connectivity index (χ1n) is 11.3. The normalized spacial score (nSPS) is 26.0. The van der Waals surface area contributed by atoms with Gasteiger partial charge in [-0.15, -0.1) is 0 Å². The number of carbonyl (C=O) groups excluding carboxylic acids is 1. The van der Waals surface area contributed by atoms with Crippen molar-refractivity contribution in [3.05, 3.63) is 46.5 Å². The molecule has 2 bridgehead atoms. The molecule has 2 N–H and O–H groups in total. The average molecular weight is 469 g/mol. The molecule has 7 heteroatoms. The van der Waals surface area contributed by atoms with E-state index in [-0.39, 0.29) is 18.6 Å². The Kier molecular flexibility index (Phi) is 6.14. The Morgan fingerprint density at radius 3 is 2.91 bits per heavy atom.